The number of carbonyl (C=O) groups excluding carboxylic acids is 1. The lowest BCUT2D eigenvalue weighted by Crippen LogP contribution is -2.40. The number of hydrogen-bond donors (Lipinski definition) is 3. The quantitative estimate of drug-likeness (QED) is 0.396. The van der Waals surface area contributed by atoms with Crippen molar-refractivity contribution in [2.45, 2.75) is 25.3 Å². The normalized spacial score (nSPS) is 11.8. The van der Waals surface area contributed by atoms with Crippen LogP contribution in [0, 0.1) is 0 Å². The number of nitrogens with one attached hydrogen (secondary N) is 2. The Morgan fingerprint density at radius 2 is 2.20 bits per heavy atom. The Bertz CT molecular complexity index is 229. The highest BCUT2D eigenvalue weighted by Gasteiger charge is 2.17. The van der Waals surface area contributed by atoms with Gasteiger partial charge >= 0.3 is 5.97 Å². The van der Waals surface area contributed by atoms with E-state index in [-0.39, 0.29) is 12.3 Å². The Kier molecular flexibility index (Phi) is 7.27. The van der Waals surface area contributed by atoms with Crippen LogP contribution in [0.1, 0.15) is 19.3 Å². The second kappa shape index (κ2) is 7.99. The molecule has 1 unspecified atom stereocenters. The molecule has 0 bridgehead atoms. The van der Waals surface area contributed by atoms with Gasteiger partial charge in [-0.15, -0.1) is 6.58 Å². The molecule has 5 heteroatoms. The van der Waals surface area contributed by atoms with E-state index in [9.17, 15) is 9.59 Å². The summed E-state index contributed by atoms with van der Waals surface area (Å²) in [4.78, 5) is 22.0. The minimum atomic E-state index is -1.03. The van der Waals surface area contributed by atoms with Gasteiger partial charge in [0.2, 0.25) is 5.91 Å². The van der Waals surface area contributed by atoms with Crippen molar-refractivity contribution >= 4 is 11.9 Å². The van der Waals surface area contributed by atoms with E-state index < -0.39 is 12.0 Å². The van der Waals surface area contributed by atoms with Gasteiger partial charge in [0, 0.05) is 6.42 Å². The van der Waals surface area contributed by atoms with Gasteiger partial charge in [-0.25, -0.2) is 4.79 Å². The van der Waals surface area contributed by atoms with Gasteiger partial charge in [0.25, 0.3) is 0 Å². The van der Waals surface area contributed by atoms with Crippen LogP contribution in [-0.2, 0) is 9.59 Å². The summed E-state index contributed by atoms with van der Waals surface area (Å²) in [6.45, 7) is 4.18. The molecule has 0 aromatic heterocycles. The van der Waals surface area contributed by atoms with Crippen LogP contribution in [0.25, 0.3) is 0 Å². The second-order valence-electron chi connectivity index (χ2n) is 3.19. The maximum Gasteiger partial charge on any atom is 0.326 e. The van der Waals surface area contributed by atoms with E-state index in [1.54, 1.807) is 7.05 Å². The third-order valence-electron chi connectivity index (χ3n) is 1.87. The minimum Gasteiger partial charge on any atom is -0.480 e. The topological polar surface area (TPSA) is 78.4 Å². The van der Waals surface area contributed by atoms with Crippen LogP contribution in [0.5, 0.6) is 0 Å². The van der Waals surface area contributed by atoms with Crippen LogP contribution in [0.4, 0.5) is 0 Å². The highest BCUT2D eigenvalue weighted by atomic mass is 16.4. The molecule has 0 rings (SSSR count). The van der Waals surface area contributed by atoms with E-state index in [1.807, 2.05) is 0 Å². The molecule has 1 atom stereocenters. The standard InChI is InChI=1S/C10H18N2O3/c1-3-5-8(10(14)15)12-9(13)6-4-7-11-2/h3,8,11H,1,4-7H2,2H3,(H,12,13)(H,14,15). The molecule has 15 heavy (non-hydrogen) atoms. The van der Waals surface area contributed by atoms with E-state index in [4.69, 9.17) is 5.11 Å². The highest BCUT2D eigenvalue weighted by molar-refractivity contribution is 5.83. The molecule has 3 N–H and O–H groups in total. The molecule has 1 amide bonds. The van der Waals surface area contributed by atoms with Gasteiger partial charge in [-0.1, -0.05) is 6.08 Å². The van der Waals surface area contributed by atoms with Crippen molar-refractivity contribution in [3.63, 3.8) is 0 Å². The largest absolute Gasteiger partial charge is 0.480 e. The predicted octanol–water partition coefficient (Wildman–Crippen LogP) is 0.132. The molecule has 0 aliphatic carbocycles. The summed E-state index contributed by atoms with van der Waals surface area (Å²) in [5.41, 5.74) is 0. The van der Waals surface area contributed by atoms with E-state index in [0.717, 1.165) is 6.54 Å². The molecule has 0 aromatic rings. The molecular formula is C10H18N2O3. The van der Waals surface area contributed by atoms with Gasteiger partial charge < -0.3 is 15.7 Å². The van der Waals surface area contributed by atoms with Gasteiger partial charge in [-0.2, -0.15) is 0 Å². The molecule has 0 fully saturated rings. The summed E-state index contributed by atoms with van der Waals surface area (Å²) in [7, 11) is 1.80. The molecule has 0 radical (unpaired) electrons. The molecule has 0 aliphatic heterocycles. The zero-order valence-electron chi connectivity index (χ0n) is 8.95. The van der Waals surface area contributed by atoms with Crippen LogP contribution in [0.2, 0.25) is 0 Å². The number of amides is 1. The summed E-state index contributed by atoms with van der Waals surface area (Å²) in [6, 6.07) is -0.857. The third kappa shape index (κ3) is 6.68. The SMILES string of the molecule is C=CCC(NC(=O)CCCNC)C(=O)O. The van der Waals surface area contributed by atoms with Crippen LogP contribution in [0.15, 0.2) is 12.7 Å². The van der Waals surface area contributed by atoms with Gasteiger partial charge in [0.05, 0.1) is 0 Å². The summed E-state index contributed by atoms with van der Waals surface area (Å²) in [5.74, 6) is -1.27. The van der Waals surface area contributed by atoms with Gasteiger partial charge in [-0.05, 0) is 26.4 Å². The Hall–Kier alpha value is -1.36. The second-order valence-corrected chi connectivity index (χ2v) is 3.19. The third-order valence-corrected chi connectivity index (χ3v) is 1.87. The number of rotatable bonds is 8. The fourth-order valence-corrected chi connectivity index (χ4v) is 1.08. The maximum absolute atomic E-state index is 11.3. The molecule has 0 heterocycles. The van der Waals surface area contributed by atoms with Crippen LogP contribution >= 0.6 is 0 Å². The first kappa shape index (κ1) is 13.6. The molecule has 0 aromatic carbocycles. The van der Waals surface area contributed by atoms with Crippen molar-refractivity contribution in [1.82, 2.24) is 10.6 Å². The van der Waals surface area contributed by atoms with E-state index >= 15 is 0 Å². The Morgan fingerprint density at radius 3 is 2.67 bits per heavy atom. The lowest BCUT2D eigenvalue weighted by Gasteiger charge is -2.12. The van der Waals surface area contributed by atoms with Crippen molar-refractivity contribution in [2.24, 2.45) is 0 Å². The molecule has 0 aliphatic rings. The fraction of sp³-hybridized carbons (Fsp3) is 0.600. The maximum atomic E-state index is 11.3. The number of carbonyl (C=O) groups is 2. The van der Waals surface area contributed by atoms with Crippen molar-refractivity contribution in [1.29, 1.82) is 0 Å². The number of carboxylic acid groups (broad SMARTS) is 1. The number of hydrogen-bond acceptors (Lipinski definition) is 3. The number of carboxylic acids is 1. The van der Waals surface area contributed by atoms with Gasteiger partial charge in [-0.3, -0.25) is 4.79 Å². The van der Waals surface area contributed by atoms with Gasteiger partial charge in [0.1, 0.15) is 6.04 Å². The van der Waals surface area contributed by atoms with E-state index in [0.29, 0.717) is 12.8 Å². The number of aliphatic carboxylic acids is 1. The lowest BCUT2D eigenvalue weighted by atomic mass is 10.2. The molecule has 5 nitrogen and oxygen atoms in total. The van der Waals surface area contributed by atoms with Crippen molar-refractivity contribution in [3.8, 4) is 0 Å². The van der Waals surface area contributed by atoms with E-state index in [1.165, 1.54) is 6.08 Å². The van der Waals surface area contributed by atoms with Crippen molar-refractivity contribution < 1.29 is 14.7 Å². The first-order valence-electron chi connectivity index (χ1n) is 4.89. The Labute approximate surface area is 89.6 Å². The summed E-state index contributed by atoms with van der Waals surface area (Å²) in [5, 5.41) is 14.1. The average molecular weight is 214 g/mol. The first-order valence-corrected chi connectivity index (χ1v) is 4.89. The van der Waals surface area contributed by atoms with E-state index in [2.05, 4.69) is 17.2 Å². The smallest absolute Gasteiger partial charge is 0.326 e. The fourth-order valence-electron chi connectivity index (χ4n) is 1.08. The average Bonchev–Trinajstić information content (AvgIpc) is 2.17. The zero-order valence-corrected chi connectivity index (χ0v) is 8.95. The molecule has 0 saturated heterocycles. The van der Waals surface area contributed by atoms with Crippen LogP contribution in [-0.4, -0.2) is 36.6 Å². The molecule has 86 valence electrons. The molecule has 0 saturated carbocycles. The summed E-state index contributed by atoms with van der Waals surface area (Å²) >= 11 is 0. The van der Waals surface area contributed by atoms with Crippen LogP contribution in [0.3, 0.4) is 0 Å². The summed E-state index contributed by atoms with van der Waals surface area (Å²) in [6.07, 6.45) is 2.75. The monoisotopic (exact) mass is 214 g/mol. The molecular weight excluding hydrogens is 196 g/mol. The lowest BCUT2D eigenvalue weighted by molar-refractivity contribution is -0.141. The van der Waals surface area contributed by atoms with Crippen LogP contribution < -0.4 is 10.6 Å². The highest BCUT2D eigenvalue weighted by Crippen LogP contribution is 1.95. The minimum absolute atomic E-state index is 0.237. The Morgan fingerprint density at radius 1 is 1.53 bits per heavy atom. The Balaban J connectivity index is 3.89. The van der Waals surface area contributed by atoms with Crippen molar-refractivity contribution in [2.75, 3.05) is 13.6 Å². The van der Waals surface area contributed by atoms with Gasteiger partial charge in [0.15, 0.2) is 0 Å². The molecule has 0 spiro atoms. The summed E-state index contributed by atoms with van der Waals surface area (Å²) < 4.78 is 0. The zero-order chi connectivity index (χ0) is 11.7. The first-order chi connectivity index (χ1) is 7.11. The van der Waals surface area contributed by atoms with Crippen molar-refractivity contribution in [3.05, 3.63) is 12.7 Å². The predicted molar refractivity (Wildman–Crippen MR) is 57.5 cm³/mol.